The van der Waals surface area contributed by atoms with Gasteiger partial charge in [0.25, 0.3) is 0 Å². The van der Waals surface area contributed by atoms with Crippen LogP contribution in [0.3, 0.4) is 0 Å². The fourth-order valence-corrected chi connectivity index (χ4v) is 6.00. The Bertz CT molecular complexity index is 708. The lowest BCUT2D eigenvalue weighted by Gasteiger charge is -2.29. The predicted molar refractivity (Wildman–Crippen MR) is 163 cm³/mol. The van der Waals surface area contributed by atoms with Crippen LogP contribution in [-0.4, -0.2) is 9.55 Å². The van der Waals surface area contributed by atoms with Gasteiger partial charge < -0.3 is 4.57 Å². The molecule has 0 saturated heterocycles. The number of rotatable bonds is 25. The Balaban J connectivity index is 1.79. The van der Waals surface area contributed by atoms with E-state index in [2.05, 4.69) is 66.3 Å². The highest BCUT2D eigenvalue weighted by molar-refractivity contribution is 5.15. The van der Waals surface area contributed by atoms with E-state index in [1.165, 1.54) is 147 Å². The minimum Gasteiger partial charge on any atom is -0.334 e. The third kappa shape index (κ3) is 15.4. The highest BCUT2D eigenvalue weighted by Crippen LogP contribution is 2.32. The molecule has 0 radical (unpaired) electrons. The number of hydrogen-bond acceptors (Lipinski definition) is 1. The molecule has 1 aromatic heterocycles. The van der Waals surface area contributed by atoms with Gasteiger partial charge in [-0.2, -0.15) is 0 Å². The second-order valence-corrected chi connectivity index (χ2v) is 11.6. The summed E-state index contributed by atoms with van der Waals surface area (Å²) in [5.74, 6) is 0.694. The highest BCUT2D eigenvalue weighted by Gasteiger charge is 2.23. The van der Waals surface area contributed by atoms with Crippen molar-refractivity contribution < 1.29 is 0 Å². The van der Waals surface area contributed by atoms with Crippen molar-refractivity contribution in [1.29, 1.82) is 0 Å². The maximum absolute atomic E-state index is 4.44. The van der Waals surface area contributed by atoms with Crippen LogP contribution in [0.15, 0.2) is 49.1 Å². The van der Waals surface area contributed by atoms with Gasteiger partial charge in [-0.1, -0.05) is 166 Å². The third-order valence-electron chi connectivity index (χ3n) is 8.32. The summed E-state index contributed by atoms with van der Waals surface area (Å²) >= 11 is 0. The molecule has 0 bridgehead atoms. The predicted octanol–water partition coefficient (Wildman–Crippen LogP) is 11.5. The number of benzene rings is 1. The smallest absolute Gasteiger partial charge is 0.0948 e. The van der Waals surface area contributed by atoms with E-state index in [4.69, 9.17) is 0 Å². The van der Waals surface area contributed by atoms with Crippen molar-refractivity contribution in [3.8, 4) is 0 Å². The van der Waals surface area contributed by atoms with Gasteiger partial charge in [0.1, 0.15) is 0 Å². The maximum Gasteiger partial charge on any atom is 0.0948 e. The molecule has 0 saturated carbocycles. The first kappa shape index (κ1) is 31.6. The van der Waals surface area contributed by atoms with E-state index in [1.54, 1.807) is 0 Å². The van der Waals surface area contributed by atoms with Crippen LogP contribution in [0, 0.1) is 5.92 Å². The second-order valence-electron chi connectivity index (χ2n) is 11.6. The Morgan fingerprint density at radius 2 is 1.08 bits per heavy atom. The molecule has 0 amide bonds. The number of nitrogens with zero attached hydrogens (tertiary/aromatic N) is 2. The van der Waals surface area contributed by atoms with Crippen LogP contribution in [0.5, 0.6) is 0 Å². The van der Waals surface area contributed by atoms with Crippen LogP contribution in [0.25, 0.3) is 0 Å². The molecular weight excluding hydrogens is 448 g/mol. The molecule has 2 unspecified atom stereocenters. The maximum atomic E-state index is 4.44. The normalized spacial score (nSPS) is 13.1. The molecule has 0 spiro atoms. The fraction of sp³-hybridized carbons (Fsp3) is 0.743. The van der Waals surface area contributed by atoms with Crippen LogP contribution in [0.4, 0.5) is 0 Å². The van der Waals surface area contributed by atoms with Crippen LogP contribution < -0.4 is 0 Å². The standard InChI is InChI=1S/C35H60N2/c1-3-5-7-9-11-13-14-15-16-18-23-27-34(31-33-25-21-20-22-26-33)35(37-30-29-36-32-37)28-24-19-17-12-10-8-6-4-2/h20-22,25-26,29-30,32,34-35H,3-19,23-24,27-28,31H2,1-2H3. The van der Waals surface area contributed by atoms with Crippen molar-refractivity contribution in [2.45, 2.75) is 161 Å². The molecule has 2 heteroatoms. The van der Waals surface area contributed by atoms with E-state index < -0.39 is 0 Å². The largest absolute Gasteiger partial charge is 0.334 e. The Labute approximate surface area is 231 Å². The van der Waals surface area contributed by atoms with Crippen molar-refractivity contribution >= 4 is 0 Å². The average molecular weight is 509 g/mol. The SMILES string of the molecule is CCCCCCCCCCCCCC(Cc1ccccc1)C(CCCCCCCCCC)n1ccnc1. The van der Waals surface area contributed by atoms with E-state index in [1.807, 2.05) is 6.20 Å². The highest BCUT2D eigenvalue weighted by atomic mass is 15.1. The summed E-state index contributed by atoms with van der Waals surface area (Å²) < 4.78 is 2.44. The molecule has 2 nitrogen and oxygen atoms in total. The summed E-state index contributed by atoms with van der Waals surface area (Å²) in [5, 5.41) is 0. The van der Waals surface area contributed by atoms with E-state index in [0.717, 1.165) is 0 Å². The molecule has 0 N–H and O–H groups in total. The lowest BCUT2D eigenvalue weighted by Crippen LogP contribution is -2.21. The quantitative estimate of drug-likeness (QED) is 0.122. The molecule has 0 aliphatic heterocycles. The van der Waals surface area contributed by atoms with Crippen molar-refractivity contribution in [3.63, 3.8) is 0 Å². The van der Waals surface area contributed by atoms with Gasteiger partial charge in [-0.25, -0.2) is 4.98 Å². The number of hydrogen-bond donors (Lipinski definition) is 0. The van der Waals surface area contributed by atoms with E-state index >= 15 is 0 Å². The average Bonchev–Trinajstić information content (AvgIpc) is 3.46. The summed E-state index contributed by atoms with van der Waals surface area (Å²) in [7, 11) is 0. The van der Waals surface area contributed by atoms with Gasteiger partial charge in [-0.15, -0.1) is 0 Å². The first-order chi connectivity index (χ1) is 18.3. The summed E-state index contributed by atoms with van der Waals surface area (Å²) in [6, 6.07) is 11.8. The van der Waals surface area contributed by atoms with Gasteiger partial charge in [-0.05, 0) is 30.7 Å². The fourth-order valence-electron chi connectivity index (χ4n) is 6.00. The molecule has 0 aliphatic carbocycles. The van der Waals surface area contributed by atoms with Gasteiger partial charge in [0, 0.05) is 18.4 Å². The summed E-state index contributed by atoms with van der Waals surface area (Å²) in [4.78, 5) is 4.44. The lowest BCUT2D eigenvalue weighted by molar-refractivity contribution is 0.275. The minimum absolute atomic E-state index is 0.575. The van der Waals surface area contributed by atoms with Crippen LogP contribution >= 0.6 is 0 Å². The number of imidazole rings is 1. The van der Waals surface area contributed by atoms with E-state index in [9.17, 15) is 0 Å². The van der Waals surface area contributed by atoms with E-state index in [0.29, 0.717) is 12.0 Å². The second kappa shape index (κ2) is 22.4. The zero-order valence-corrected chi connectivity index (χ0v) is 24.7. The Morgan fingerprint density at radius 3 is 1.57 bits per heavy atom. The molecule has 0 fully saturated rings. The molecule has 37 heavy (non-hydrogen) atoms. The summed E-state index contributed by atoms with van der Waals surface area (Å²) in [6.07, 6.45) is 36.9. The molecule has 2 atom stereocenters. The van der Waals surface area contributed by atoms with Crippen LogP contribution in [0.2, 0.25) is 0 Å². The monoisotopic (exact) mass is 508 g/mol. The minimum atomic E-state index is 0.575. The Morgan fingerprint density at radius 1 is 0.595 bits per heavy atom. The molecule has 1 aromatic carbocycles. The zero-order valence-electron chi connectivity index (χ0n) is 24.7. The number of unbranched alkanes of at least 4 members (excludes halogenated alkanes) is 17. The first-order valence-corrected chi connectivity index (χ1v) is 16.4. The van der Waals surface area contributed by atoms with Gasteiger partial charge in [0.05, 0.1) is 6.33 Å². The molecular formula is C35H60N2. The Hall–Kier alpha value is -1.57. The molecule has 2 rings (SSSR count). The van der Waals surface area contributed by atoms with Crippen LogP contribution in [-0.2, 0) is 6.42 Å². The van der Waals surface area contributed by atoms with Gasteiger partial charge >= 0.3 is 0 Å². The first-order valence-electron chi connectivity index (χ1n) is 16.4. The summed E-state index contributed by atoms with van der Waals surface area (Å²) in [5.41, 5.74) is 1.50. The van der Waals surface area contributed by atoms with Crippen molar-refractivity contribution in [2.75, 3.05) is 0 Å². The number of aromatic nitrogens is 2. The van der Waals surface area contributed by atoms with Gasteiger partial charge in [-0.3, -0.25) is 0 Å². The lowest BCUT2D eigenvalue weighted by atomic mass is 9.84. The van der Waals surface area contributed by atoms with Gasteiger partial charge in [0.2, 0.25) is 0 Å². The zero-order chi connectivity index (χ0) is 26.2. The molecule has 0 aliphatic rings. The van der Waals surface area contributed by atoms with E-state index in [-0.39, 0.29) is 0 Å². The van der Waals surface area contributed by atoms with Crippen molar-refractivity contribution in [2.24, 2.45) is 5.92 Å². The van der Waals surface area contributed by atoms with Crippen molar-refractivity contribution in [3.05, 3.63) is 54.6 Å². The topological polar surface area (TPSA) is 17.8 Å². The molecule has 210 valence electrons. The van der Waals surface area contributed by atoms with Crippen LogP contribution in [0.1, 0.15) is 160 Å². The summed E-state index contributed by atoms with van der Waals surface area (Å²) in [6.45, 7) is 4.61. The van der Waals surface area contributed by atoms with Crippen molar-refractivity contribution in [1.82, 2.24) is 9.55 Å². The Kier molecular flexibility index (Phi) is 19.2. The molecule has 2 aromatic rings. The molecule has 1 heterocycles. The van der Waals surface area contributed by atoms with Gasteiger partial charge in [0.15, 0.2) is 0 Å². The third-order valence-corrected chi connectivity index (χ3v) is 8.32.